The van der Waals surface area contributed by atoms with Crippen molar-refractivity contribution in [3.63, 3.8) is 0 Å². The lowest BCUT2D eigenvalue weighted by Gasteiger charge is -2.28. The van der Waals surface area contributed by atoms with E-state index in [2.05, 4.69) is 26.0 Å². The lowest BCUT2D eigenvalue weighted by atomic mass is 10.2. The number of hydrogen-bond acceptors (Lipinski definition) is 3. The van der Waals surface area contributed by atoms with Gasteiger partial charge in [-0.05, 0) is 38.0 Å². The summed E-state index contributed by atoms with van der Waals surface area (Å²) in [6, 6.07) is 14.1. The monoisotopic (exact) mass is 420 g/mol. The largest absolute Gasteiger partial charge is 0.332 e. The summed E-state index contributed by atoms with van der Waals surface area (Å²) in [6.07, 6.45) is 1.81. The highest BCUT2D eigenvalue weighted by Crippen LogP contribution is 2.19. The minimum absolute atomic E-state index is 0.0586. The average molecular weight is 421 g/mol. The molecule has 0 aliphatic heterocycles. The maximum Gasteiger partial charge on any atom is 0.242 e. The zero-order valence-electron chi connectivity index (χ0n) is 16.9. The Hall–Kier alpha value is -1.85. The van der Waals surface area contributed by atoms with Crippen molar-refractivity contribution >= 4 is 34.8 Å². The third-order valence-electron chi connectivity index (χ3n) is 4.47. The molecule has 2 rings (SSSR count). The molecule has 0 aliphatic rings. The fourth-order valence-corrected chi connectivity index (χ4v) is 3.97. The van der Waals surface area contributed by atoms with Gasteiger partial charge in [0.1, 0.15) is 5.38 Å². The van der Waals surface area contributed by atoms with Crippen molar-refractivity contribution in [2.45, 2.75) is 52.1 Å². The van der Waals surface area contributed by atoms with Gasteiger partial charge in [-0.25, -0.2) is 0 Å². The molecule has 0 spiro atoms. The third-order valence-corrected chi connectivity index (χ3v) is 5.64. The number of unbranched alkanes of at least 4 members (excludes halogenated alkanes) is 1. The first-order valence-electron chi connectivity index (χ1n) is 9.70. The number of rotatable bonds is 10. The highest BCUT2D eigenvalue weighted by atomic mass is 35.5. The van der Waals surface area contributed by atoms with Crippen LogP contribution in [0.1, 0.15) is 42.0 Å². The Bertz CT molecular complexity index is 761. The van der Waals surface area contributed by atoms with Crippen molar-refractivity contribution in [2.75, 3.05) is 13.1 Å². The number of halogens is 1. The van der Waals surface area contributed by atoms with Crippen molar-refractivity contribution in [1.29, 1.82) is 0 Å². The van der Waals surface area contributed by atoms with Gasteiger partial charge in [0.2, 0.25) is 11.8 Å². The van der Waals surface area contributed by atoms with Crippen LogP contribution in [0.15, 0.2) is 42.5 Å². The number of nitrogens with zero attached hydrogens (tertiary/aromatic N) is 2. The van der Waals surface area contributed by atoms with Gasteiger partial charge in [0.15, 0.2) is 0 Å². The third kappa shape index (κ3) is 6.95. The zero-order chi connectivity index (χ0) is 20.5. The normalized spacial score (nSPS) is 11.9. The summed E-state index contributed by atoms with van der Waals surface area (Å²) in [7, 11) is 0. The lowest BCUT2D eigenvalue weighted by molar-refractivity contribution is -0.141. The second kappa shape index (κ2) is 11.2. The second-order valence-corrected chi connectivity index (χ2v) is 9.00. The van der Waals surface area contributed by atoms with Crippen LogP contribution in [0.25, 0.3) is 0 Å². The number of alkyl halides is 1. The van der Waals surface area contributed by atoms with Crippen molar-refractivity contribution in [3.8, 4) is 0 Å². The van der Waals surface area contributed by atoms with E-state index < -0.39 is 5.38 Å². The Morgan fingerprint density at radius 1 is 1.07 bits per heavy atom. The van der Waals surface area contributed by atoms with Gasteiger partial charge in [0.25, 0.3) is 0 Å². The molecule has 1 aromatic carbocycles. The van der Waals surface area contributed by atoms with Gasteiger partial charge in [0.05, 0.1) is 13.1 Å². The predicted molar refractivity (Wildman–Crippen MR) is 117 cm³/mol. The fourth-order valence-electron chi connectivity index (χ4n) is 2.93. The first kappa shape index (κ1) is 22.4. The van der Waals surface area contributed by atoms with E-state index in [-0.39, 0.29) is 18.4 Å². The molecule has 2 amide bonds. The molecule has 0 unspecified atom stereocenters. The minimum Gasteiger partial charge on any atom is -0.332 e. The molecule has 1 atom stereocenters. The number of thiophene rings is 1. The maximum atomic E-state index is 13.2. The van der Waals surface area contributed by atoms with Gasteiger partial charge in [-0.15, -0.1) is 22.9 Å². The molecule has 0 N–H and O–H groups in total. The molecule has 6 heteroatoms. The van der Waals surface area contributed by atoms with Gasteiger partial charge in [-0.1, -0.05) is 43.7 Å². The standard InChI is InChI=1S/C22H29ClN2O2S/c1-4-5-13-24(22(27)18(3)23)16-21(26)25(14-19-9-7-6-8-10-19)15-20-12-11-17(2)28-20/h6-12,18H,4-5,13-16H2,1-3H3/t18-/m0/s1. The van der Waals surface area contributed by atoms with E-state index in [9.17, 15) is 9.59 Å². The Kier molecular flexibility index (Phi) is 9.00. The van der Waals surface area contributed by atoms with Gasteiger partial charge in [0, 0.05) is 22.8 Å². The van der Waals surface area contributed by atoms with Gasteiger partial charge >= 0.3 is 0 Å². The first-order valence-corrected chi connectivity index (χ1v) is 11.0. The molecule has 0 saturated carbocycles. The quantitative estimate of drug-likeness (QED) is 0.516. The Balaban J connectivity index is 2.16. The summed E-state index contributed by atoms with van der Waals surface area (Å²) < 4.78 is 0. The number of carbonyl (C=O) groups is 2. The molecular weight excluding hydrogens is 392 g/mol. The molecule has 1 aromatic heterocycles. The molecule has 4 nitrogen and oxygen atoms in total. The van der Waals surface area contributed by atoms with Gasteiger partial charge in [-0.2, -0.15) is 0 Å². The predicted octanol–water partition coefficient (Wildman–Crippen LogP) is 4.84. The fraction of sp³-hybridized carbons (Fsp3) is 0.455. The number of benzene rings is 1. The maximum absolute atomic E-state index is 13.2. The molecule has 0 bridgehead atoms. The zero-order valence-corrected chi connectivity index (χ0v) is 18.4. The number of aryl methyl sites for hydroxylation is 1. The minimum atomic E-state index is -0.632. The van der Waals surface area contributed by atoms with Crippen LogP contribution in [0.2, 0.25) is 0 Å². The lowest BCUT2D eigenvalue weighted by Crippen LogP contribution is -2.44. The van der Waals surface area contributed by atoms with Crippen molar-refractivity contribution < 1.29 is 9.59 Å². The van der Waals surface area contributed by atoms with E-state index in [0.29, 0.717) is 19.6 Å². The highest BCUT2D eigenvalue weighted by Gasteiger charge is 2.24. The highest BCUT2D eigenvalue weighted by molar-refractivity contribution is 7.11. The van der Waals surface area contributed by atoms with Crippen LogP contribution in [0, 0.1) is 6.92 Å². The molecule has 28 heavy (non-hydrogen) atoms. The van der Waals surface area contributed by atoms with Crippen molar-refractivity contribution in [1.82, 2.24) is 9.80 Å². The van der Waals surface area contributed by atoms with Crippen LogP contribution in [0.5, 0.6) is 0 Å². The van der Waals surface area contributed by atoms with Crippen LogP contribution in [-0.4, -0.2) is 40.1 Å². The Morgan fingerprint density at radius 3 is 2.36 bits per heavy atom. The van der Waals surface area contributed by atoms with E-state index >= 15 is 0 Å². The molecular formula is C22H29ClN2O2S. The van der Waals surface area contributed by atoms with E-state index in [1.807, 2.05) is 35.2 Å². The first-order chi connectivity index (χ1) is 13.4. The van der Waals surface area contributed by atoms with E-state index in [0.717, 1.165) is 23.3 Å². The van der Waals surface area contributed by atoms with Crippen molar-refractivity contribution in [3.05, 3.63) is 57.8 Å². The summed E-state index contributed by atoms with van der Waals surface area (Å²) in [5, 5.41) is -0.632. The summed E-state index contributed by atoms with van der Waals surface area (Å²) >= 11 is 7.71. The summed E-state index contributed by atoms with van der Waals surface area (Å²) in [5.41, 5.74) is 1.07. The van der Waals surface area contributed by atoms with E-state index in [4.69, 9.17) is 11.6 Å². The molecule has 152 valence electrons. The average Bonchev–Trinajstić information content (AvgIpc) is 3.09. The summed E-state index contributed by atoms with van der Waals surface area (Å²) in [5.74, 6) is -0.244. The summed E-state index contributed by atoms with van der Waals surface area (Å²) in [4.78, 5) is 31.4. The topological polar surface area (TPSA) is 40.6 Å². The smallest absolute Gasteiger partial charge is 0.242 e. The summed E-state index contributed by atoms with van der Waals surface area (Å²) in [6.45, 7) is 7.45. The van der Waals surface area contributed by atoms with Crippen LogP contribution in [0.4, 0.5) is 0 Å². The Labute approximate surface area is 177 Å². The number of hydrogen-bond donors (Lipinski definition) is 0. The molecule has 2 aromatic rings. The van der Waals surface area contributed by atoms with Gasteiger partial charge in [-0.3, -0.25) is 9.59 Å². The van der Waals surface area contributed by atoms with Crippen LogP contribution in [0.3, 0.4) is 0 Å². The van der Waals surface area contributed by atoms with E-state index in [1.54, 1.807) is 23.2 Å². The Morgan fingerprint density at radius 2 is 1.79 bits per heavy atom. The molecule has 0 aliphatic carbocycles. The van der Waals surface area contributed by atoms with Crippen LogP contribution < -0.4 is 0 Å². The SMILES string of the molecule is CCCCN(CC(=O)N(Cc1ccccc1)Cc1ccc(C)s1)C(=O)[C@H](C)Cl. The molecule has 0 saturated heterocycles. The van der Waals surface area contributed by atoms with E-state index in [1.165, 1.54) is 4.88 Å². The van der Waals surface area contributed by atoms with Gasteiger partial charge < -0.3 is 9.80 Å². The van der Waals surface area contributed by atoms with Crippen LogP contribution in [-0.2, 0) is 22.7 Å². The number of amides is 2. The molecule has 0 radical (unpaired) electrons. The molecule has 1 heterocycles. The van der Waals surface area contributed by atoms with Crippen molar-refractivity contribution in [2.24, 2.45) is 0 Å². The number of carbonyl (C=O) groups excluding carboxylic acids is 2. The molecule has 0 fully saturated rings. The van der Waals surface area contributed by atoms with Crippen LogP contribution >= 0.6 is 22.9 Å². The second-order valence-electron chi connectivity index (χ2n) is 6.98.